The van der Waals surface area contributed by atoms with Crippen molar-refractivity contribution in [3.8, 4) is 5.75 Å². The molecule has 1 N–H and O–H groups in total. The number of amides is 3. The molecule has 2 aromatic rings. The first-order valence-corrected chi connectivity index (χ1v) is 11.0. The van der Waals surface area contributed by atoms with Gasteiger partial charge >= 0.3 is 0 Å². The van der Waals surface area contributed by atoms with Crippen molar-refractivity contribution in [2.45, 2.75) is 32.3 Å². The smallest absolute Gasteiger partial charge is 0.268 e. The maximum atomic E-state index is 12.8. The van der Waals surface area contributed by atoms with E-state index in [0.29, 0.717) is 17.1 Å². The second-order valence-electron chi connectivity index (χ2n) is 8.04. The maximum Gasteiger partial charge on any atom is 0.268 e. The zero-order chi connectivity index (χ0) is 22.5. The Morgan fingerprint density at radius 2 is 1.84 bits per heavy atom. The van der Waals surface area contributed by atoms with Crippen LogP contribution in [-0.4, -0.2) is 48.4 Å². The molecule has 1 fully saturated rings. The summed E-state index contributed by atoms with van der Waals surface area (Å²) in [6.07, 6.45) is 5.61. The van der Waals surface area contributed by atoms with Gasteiger partial charge in [0.15, 0.2) is 6.10 Å². The fourth-order valence-corrected chi connectivity index (χ4v) is 3.95. The van der Waals surface area contributed by atoms with Crippen molar-refractivity contribution in [2.24, 2.45) is 0 Å². The Morgan fingerprint density at radius 1 is 1.09 bits per heavy atom. The second-order valence-corrected chi connectivity index (χ2v) is 8.04. The van der Waals surface area contributed by atoms with E-state index in [4.69, 9.17) is 4.74 Å². The molecular formula is C25H27N3O4. The fraction of sp³-hybridized carbons (Fsp3) is 0.320. The second kappa shape index (κ2) is 9.68. The van der Waals surface area contributed by atoms with E-state index in [1.165, 1.54) is 11.0 Å². The summed E-state index contributed by atoms with van der Waals surface area (Å²) in [6.45, 7) is 3.09. The van der Waals surface area contributed by atoms with Crippen LogP contribution < -0.4 is 15.0 Å². The zero-order valence-electron chi connectivity index (χ0n) is 18.1. The maximum absolute atomic E-state index is 12.8. The molecule has 0 spiro atoms. The molecule has 2 aliphatic rings. The summed E-state index contributed by atoms with van der Waals surface area (Å²) in [5.41, 5.74) is 1.93. The number of fused-ring (bicyclic) bond motifs is 1. The van der Waals surface area contributed by atoms with Gasteiger partial charge in [0, 0.05) is 24.9 Å². The van der Waals surface area contributed by atoms with Crippen molar-refractivity contribution in [2.75, 3.05) is 29.9 Å². The number of benzene rings is 2. The summed E-state index contributed by atoms with van der Waals surface area (Å²) in [5, 5.41) is 2.81. The molecule has 2 aliphatic heterocycles. The number of ether oxygens (including phenoxy) is 1. The summed E-state index contributed by atoms with van der Waals surface area (Å²) in [6, 6.07) is 14.6. The van der Waals surface area contributed by atoms with Gasteiger partial charge in [-0.3, -0.25) is 19.3 Å². The summed E-state index contributed by atoms with van der Waals surface area (Å²) in [7, 11) is 0. The Hall–Kier alpha value is -3.61. The lowest BCUT2D eigenvalue weighted by atomic mass is 10.1. The minimum atomic E-state index is -0.675. The minimum Gasteiger partial charge on any atom is -0.479 e. The molecule has 4 rings (SSSR count). The summed E-state index contributed by atoms with van der Waals surface area (Å²) in [5.74, 6) is -0.115. The number of hydrogen-bond acceptors (Lipinski definition) is 4. The quantitative estimate of drug-likeness (QED) is 0.733. The van der Waals surface area contributed by atoms with E-state index in [-0.39, 0.29) is 24.3 Å². The van der Waals surface area contributed by atoms with Crippen LogP contribution in [0.1, 0.15) is 31.7 Å². The van der Waals surface area contributed by atoms with Crippen LogP contribution in [0, 0.1) is 0 Å². The Labute approximate surface area is 187 Å². The van der Waals surface area contributed by atoms with Gasteiger partial charge in [-0.15, -0.1) is 0 Å². The van der Waals surface area contributed by atoms with Crippen molar-refractivity contribution in [3.05, 3.63) is 60.2 Å². The molecule has 2 heterocycles. The summed E-state index contributed by atoms with van der Waals surface area (Å²) < 4.78 is 5.72. The van der Waals surface area contributed by atoms with E-state index < -0.39 is 6.10 Å². The Kier molecular flexibility index (Phi) is 6.54. The van der Waals surface area contributed by atoms with Crippen LogP contribution in [0.15, 0.2) is 54.6 Å². The van der Waals surface area contributed by atoms with Gasteiger partial charge in [0.2, 0.25) is 11.8 Å². The molecule has 166 valence electrons. The van der Waals surface area contributed by atoms with E-state index >= 15 is 0 Å². The molecule has 0 saturated carbocycles. The molecular weight excluding hydrogens is 406 g/mol. The lowest BCUT2D eigenvalue weighted by Crippen LogP contribution is -2.50. The number of piperidine rings is 1. The highest BCUT2D eigenvalue weighted by Crippen LogP contribution is 2.36. The number of likely N-dealkylation sites (tertiary alicyclic amines) is 1. The van der Waals surface area contributed by atoms with Crippen LogP contribution in [0.3, 0.4) is 0 Å². The summed E-state index contributed by atoms with van der Waals surface area (Å²) >= 11 is 0. The van der Waals surface area contributed by atoms with Crippen LogP contribution in [0.4, 0.5) is 11.4 Å². The number of carbonyl (C=O) groups excluding carboxylic acids is 3. The molecule has 7 heteroatoms. The SMILES string of the molecule is CC1Oc2ccc(NC(=O)/C=C/c3ccccc3)cc2N(CC(=O)N2CCCCC2)C1=O. The van der Waals surface area contributed by atoms with Crippen LogP contribution in [0.2, 0.25) is 0 Å². The number of nitrogens with one attached hydrogen (secondary N) is 1. The van der Waals surface area contributed by atoms with E-state index in [9.17, 15) is 14.4 Å². The normalized spacial score (nSPS) is 18.3. The predicted molar refractivity (Wildman–Crippen MR) is 123 cm³/mol. The van der Waals surface area contributed by atoms with Gasteiger partial charge in [-0.05, 0) is 56.0 Å². The molecule has 0 radical (unpaired) electrons. The van der Waals surface area contributed by atoms with Crippen LogP contribution >= 0.6 is 0 Å². The fourth-order valence-electron chi connectivity index (χ4n) is 3.95. The monoisotopic (exact) mass is 433 g/mol. The first-order valence-electron chi connectivity index (χ1n) is 11.0. The topological polar surface area (TPSA) is 79.0 Å². The van der Waals surface area contributed by atoms with Crippen LogP contribution in [0.5, 0.6) is 5.75 Å². The molecule has 1 unspecified atom stereocenters. The van der Waals surface area contributed by atoms with Crippen molar-refractivity contribution >= 4 is 35.2 Å². The average Bonchev–Trinajstić information content (AvgIpc) is 2.82. The first-order chi connectivity index (χ1) is 15.5. The lowest BCUT2D eigenvalue weighted by Gasteiger charge is -2.35. The van der Waals surface area contributed by atoms with Gasteiger partial charge in [-0.25, -0.2) is 0 Å². The summed E-state index contributed by atoms with van der Waals surface area (Å²) in [4.78, 5) is 41.3. The zero-order valence-corrected chi connectivity index (χ0v) is 18.1. The third-order valence-corrected chi connectivity index (χ3v) is 5.66. The lowest BCUT2D eigenvalue weighted by molar-refractivity contribution is -0.133. The highest BCUT2D eigenvalue weighted by atomic mass is 16.5. The number of hydrogen-bond donors (Lipinski definition) is 1. The minimum absolute atomic E-state index is 0.0369. The van der Waals surface area contributed by atoms with E-state index in [2.05, 4.69) is 5.32 Å². The third-order valence-electron chi connectivity index (χ3n) is 5.66. The average molecular weight is 434 g/mol. The largest absolute Gasteiger partial charge is 0.479 e. The number of nitrogens with zero attached hydrogens (tertiary/aromatic N) is 2. The van der Waals surface area contributed by atoms with Gasteiger partial charge in [-0.2, -0.15) is 0 Å². The molecule has 0 bridgehead atoms. The molecule has 1 saturated heterocycles. The molecule has 7 nitrogen and oxygen atoms in total. The predicted octanol–water partition coefficient (Wildman–Crippen LogP) is 3.46. The first kappa shape index (κ1) is 21.6. The number of carbonyl (C=O) groups is 3. The standard InChI is InChI=1S/C25H27N3O4/c1-18-25(31)28(17-24(30)27-14-6-3-7-15-27)21-16-20(11-12-22(21)32-18)26-23(29)13-10-19-8-4-2-5-9-19/h2,4-5,8-13,16,18H,3,6-7,14-15,17H2,1H3,(H,26,29)/b13-10+. The van der Waals surface area contributed by atoms with E-state index in [1.54, 1.807) is 31.2 Å². The molecule has 1 atom stereocenters. The number of anilines is 2. The third kappa shape index (κ3) is 4.99. The van der Waals surface area contributed by atoms with Crippen molar-refractivity contribution < 1.29 is 19.1 Å². The number of rotatable bonds is 5. The molecule has 3 amide bonds. The highest BCUT2D eigenvalue weighted by molar-refractivity contribution is 6.06. The van der Waals surface area contributed by atoms with E-state index in [1.807, 2.05) is 35.2 Å². The van der Waals surface area contributed by atoms with E-state index in [0.717, 1.165) is 37.9 Å². The van der Waals surface area contributed by atoms with Crippen LogP contribution in [-0.2, 0) is 14.4 Å². The van der Waals surface area contributed by atoms with Gasteiger partial charge in [-0.1, -0.05) is 30.3 Å². The Bertz CT molecular complexity index is 1030. The van der Waals surface area contributed by atoms with Gasteiger partial charge in [0.25, 0.3) is 5.91 Å². The Balaban J connectivity index is 1.50. The molecule has 0 aromatic heterocycles. The van der Waals surface area contributed by atoms with Crippen molar-refractivity contribution in [3.63, 3.8) is 0 Å². The van der Waals surface area contributed by atoms with Gasteiger partial charge in [0.1, 0.15) is 12.3 Å². The van der Waals surface area contributed by atoms with Gasteiger partial charge in [0.05, 0.1) is 5.69 Å². The van der Waals surface area contributed by atoms with Crippen LogP contribution in [0.25, 0.3) is 6.08 Å². The molecule has 2 aromatic carbocycles. The molecule has 0 aliphatic carbocycles. The molecule has 32 heavy (non-hydrogen) atoms. The van der Waals surface area contributed by atoms with Crippen molar-refractivity contribution in [1.82, 2.24) is 4.90 Å². The van der Waals surface area contributed by atoms with Crippen molar-refractivity contribution in [1.29, 1.82) is 0 Å². The van der Waals surface area contributed by atoms with Gasteiger partial charge < -0.3 is 15.0 Å². The highest BCUT2D eigenvalue weighted by Gasteiger charge is 2.34. The Morgan fingerprint density at radius 3 is 2.59 bits per heavy atom.